The molecule has 0 spiro atoms. The lowest BCUT2D eigenvalue weighted by Gasteiger charge is -2.29. The van der Waals surface area contributed by atoms with Gasteiger partial charge in [-0.05, 0) is 26.2 Å². The third kappa shape index (κ3) is 7.65. The van der Waals surface area contributed by atoms with Crippen LogP contribution in [0, 0.1) is 15.5 Å². The van der Waals surface area contributed by atoms with Crippen molar-refractivity contribution in [3.05, 3.63) is 22.4 Å². The molecule has 0 bridgehead atoms. The molecule has 0 fully saturated rings. The minimum Gasteiger partial charge on any atom is -0.444 e. The van der Waals surface area contributed by atoms with Gasteiger partial charge in [-0.15, -0.1) is 0 Å². The summed E-state index contributed by atoms with van der Waals surface area (Å²) in [5.74, 6) is 0. The van der Waals surface area contributed by atoms with E-state index in [-0.39, 0.29) is 5.41 Å². The van der Waals surface area contributed by atoms with Crippen LogP contribution in [0.3, 0.4) is 0 Å². The van der Waals surface area contributed by atoms with E-state index in [9.17, 15) is 14.9 Å². The minimum atomic E-state index is -0.598. The molecule has 6 nitrogen and oxygen atoms in total. The van der Waals surface area contributed by atoms with Crippen LogP contribution in [0.1, 0.15) is 41.5 Å². The molecule has 104 valence electrons. The summed E-state index contributed by atoms with van der Waals surface area (Å²) in [6, 6.07) is -0.474. The molecule has 1 atom stereocenters. The van der Waals surface area contributed by atoms with Crippen LogP contribution in [-0.2, 0) is 4.74 Å². The average Bonchev–Trinajstić information content (AvgIpc) is 2.06. The van der Waals surface area contributed by atoms with E-state index in [1.807, 2.05) is 20.8 Å². The Morgan fingerprint density at radius 2 is 1.78 bits per heavy atom. The summed E-state index contributed by atoms with van der Waals surface area (Å²) in [5, 5.41) is 12.9. The number of carbonyl (C=O) groups is 1. The molecular weight excluding hydrogens is 236 g/mol. The molecule has 1 unspecified atom stereocenters. The van der Waals surface area contributed by atoms with Crippen molar-refractivity contribution in [3.8, 4) is 0 Å². The number of nitrogens with zero attached hydrogens (tertiary/aromatic N) is 1. The van der Waals surface area contributed by atoms with E-state index in [1.165, 1.54) is 6.08 Å². The topological polar surface area (TPSA) is 81.5 Å². The number of hydrogen-bond donors (Lipinski definition) is 1. The van der Waals surface area contributed by atoms with E-state index < -0.39 is 22.7 Å². The predicted molar refractivity (Wildman–Crippen MR) is 68.7 cm³/mol. The van der Waals surface area contributed by atoms with Gasteiger partial charge in [0.2, 0.25) is 6.20 Å². The highest BCUT2D eigenvalue weighted by Gasteiger charge is 2.27. The molecule has 0 aromatic heterocycles. The molecule has 0 heterocycles. The fraction of sp³-hybridized carbons (Fsp3) is 0.750. The standard InChI is InChI=1S/C12H22N2O4/c1-11(2,3)9(7-8-14(16)17)13-10(15)18-12(4,5)6/h7-9H,1-6H3,(H,13,15)/b8-7+. The minimum absolute atomic E-state index is 0.344. The molecule has 0 saturated heterocycles. The van der Waals surface area contributed by atoms with E-state index in [4.69, 9.17) is 4.74 Å². The van der Waals surface area contributed by atoms with Crippen molar-refractivity contribution in [1.82, 2.24) is 5.32 Å². The summed E-state index contributed by atoms with van der Waals surface area (Å²) in [4.78, 5) is 21.4. The quantitative estimate of drug-likeness (QED) is 0.623. The molecule has 0 saturated carbocycles. The Morgan fingerprint density at radius 1 is 1.28 bits per heavy atom. The fourth-order valence-electron chi connectivity index (χ4n) is 1.14. The highest BCUT2D eigenvalue weighted by atomic mass is 16.6. The molecule has 0 aromatic carbocycles. The largest absolute Gasteiger partial charge is 0.444 e. The number of nitrogens with one attached hydrogen (secondary N) is 1. The summed E-state index contributed by atoms with van der Waals surface area (Å²) in [5.41, 5.74) is -0.942. The third-order valence-corrected chi connectivity index (χ3v) is 2.01. The number of alkyl carbamates (subject to hydrolysis) is 1. The molecule has 0 rings (SSSR count). The van der Waals surface area contributed by atoms with E-state index in [0.29, 0.717) is 0 Å². The molecule has 18 heavy (non-hydrogen) atoms. The smallest absolute Gasteiger partial charge is 0.408 e. The van der Waals surface area contributed by atoms with E-state index in [2.05, 4.69) is 5.32 Å². The highest BCUT2D eigenvalue weighted by Crippen LogP contribution is 2.21. The summed E-state index contributed by atoms with van der Waals surface area (Å²) in [6.45, 7) is 10.9. The number of ether oxygens (including phenoxy) is 1. The van der Waals surface area contributed by atoms with Gasteiger partial charge in [0.15, 0.2) is 0 Å². The monoisotopic (exact) mass is 258 g/mol. The van der Waals surface area contributed by atoms with Gasteiger partial charge in [-0.25, -0.2) is 4.79 Å². The zero-order valence-electron chi connectivity index (χ0n) is 11.8. The fourth-order valence-corrected chi connectivity index (χ4v) is 1.14. The van der Waals surface area contributed by atoms with Crippen molar-refractivity contribution in [2.24, 2.45) is 5.41 Å². The predicted octanol–water partition coefficient (Wildman–Crippen LogP) is 2.72. The van der Waals surface area contributed by atoms with Crippen molar-refractivity contribution in [2.45, 2.75) is 53.2 Å². The van der Waals surface area contributed by atoms with Crippen LogP contribution in [0.5, 0.6) is 0 Å². The summed E-state index contributed by atoms with van der Waals surface area (Å²) >= 11 is 0. The second-order valence-corrected chi connectivity index (χ2v) is 6.12. The number of amides is 1. The summed E-state index contributed by atoms with van der Waals surface area (Å²) in [7, 11) is 0. The Hall–Kier alpha value is -1.59. The average molecular weight is 258 g/mol. The van der Waals surface area contributed by atoms with Gasteiger partial charge in [0.25, 0.3) is 0 Å². The first-order valence-corrected chi connectivity index (χ1v) is 5.73. The van der Waals surface area contributed by atoms with Crippen LogP contribution < -0.4 is 5.32 Å². The Kier molecular flexibility index (Phi) is 5.32. The van der Waals surface area contributed by atoms with Gasteiger partial charge in [0.1, 0.15) is 5.60 Å². The van der Waals surface area contributed by atoms with Crippen LogP contribution >= 0.6 is 0 Å². The molecule has 1 N–H and O–H groups in total. The highest BCUT2D eigenvalue weighted by molar-refractivity contribution is 5.68. The van der Waals surface area contributed by atoms with Gasteiger partial charge in [0.05, 0.1) is 11.0 Å². The molecule has 0 aliphatic carbocycles. The van der Waals surface area contributed by atoms with Gasteiger partial charge in [-0.1, -0.05) is 20.8 Å². The van der Waals surface area contributed by atoms with E-state index in [0.717, 1.165) is 6.20 Å². The Labute approximate surface area is 108 Å². The van der Waals surface area contributed by atoms with Crippen molar-refractivity contribution in [2.75, 3.05) is 0 Å². The van der Waals surface area contributed by atoms with Crippen LogP contribution in [-0.4, -0.2) is 22.7 Å². The number of hydrogen-bond acceptors (Lipinski definition) is 4. The van der Waals surface area contributed by atoms with E-state index >= 15 is 0 Å². The Balaban J connectivity index is 4.72. The molecule has 1 amide bonds. The lowest BCUT2D eigenvalue weighted by molar-refractivity contribution is -0.402. The Morgan fingerprint density at radius 3 is 2.11 bits per heavy atom. The SMILES string of the molecule is CC(C)(C)OC(=O)NC(/C=C/[N+](=O)[O-])C(C)(C)C. The molecule has 0 aliphatic rings. The van der Waals surface area contributed by atoms with Crippen molar-refractivity contribution in [1.29, 1.82) is 0 Å². The molecule has 0 radical (unpaired) electrons. The maximum absolute atomic E-state index is 11.6. The first-order chi connectivity index (χ1) is 7.92. The van der Waals surface area contributed by atoms with Gasteiger partial charge >= 0.3 is 6.09 Å². The normalized spacial score (nSPS) is 14.3. The van der Waals surface area contributed by atoms with Crippen LogP contribution in [0.2, 0.25) is 0 Å². The second kappa shape index (κ2) is 5.84. The maximum Gasteiger partial charge on any atom is 0.408 e. The molecular formula is C12H22N2O4. The number of carbonyl (C=O) groups excluding carboxylic acids is 1. The summed E-state index contributed by atoms with van der Waals surface area (Å²) < 4.78 is 5.12. The zero-order valence-corrected chi connectivity index (χ0v) is 11.8. The summed E-state index contributed by atoms with van der Waals surface area (Å²) in [6.07, 6.45) is 1.59. The lowest BCUT2D eigenvalue weighted by Crippen LogP contribution is -2.44. The van der Waals surface area contributed by atoms with Gasteiger partial charge < -0.3 is 10.1 Å². The van der Waals surface area contributed by atoms with E-state index in [1.54, 1.807) is 20.8 Å². The molecule has 0 aromatic rings. The lowest BCUT2D eigenvalue weighted by atomic mass is 9.87. The molecule has 6 heteroatoms. The first kappa shape index (κ1) is 16.4. The first-order valence-electron chi connectivity index (χ1n) is 5.73. The van der Waals surface area contributed by atoms with Gasteiger partial charge in [0, 0.05) is 6.08 Å². The van der Waals surface area contributed by atoms with Crippen LogP contribution in [0.4, 0.5) is 4.79 Å². The van der Waals surface area contributed by atoms with Crippen LogP contribution in [0.15, 0.2) is 12.3 Å². The third-order valence-electron chi connectivity index (χ3n) is 2.01. The van der Waals surface area contributed by atoms with Crippen molar-refractivity contribution >= 4 is 6.09 Å². The van der Waals surface area contributed by atoms with Crippen LogP contribution in [0.25, 0.3) is 0 Å². The zero-order chi connectivity index (χ0) is 14.6. The van der Waals surface area contributed by atoms with Crippen molar-refractivity contribution in [3.63, 3.8) is 0 Å². The van der Waals surface area contributed by atoms with Gasteiger partial charge in [-0.2, -0.15) is 0 Å². The molecule has 0 aliphatic heterocycles. The second-order valence-electron chi connectivity index (χ2n) is 6.12. The number of rotatable bonds is 3. The number of nitro groups is 1. The maximum atomic E-state index is 11.6. The van der Waals surface area contributed by atoms with Gasteiger partial charge in [-0.3, -0.25) is 10.1 Å². The van der Waals surface area contributed by atoms with Crippen molar-refractivity contribution < 1.29 is 14.5 Å². The Bertz CT molecular complexity index is 337.